The molecule has 1 N–H and O–H groups in total. The van der Waals surface area contributed by atoms with Gasteiger partial charge in [0.05, 0.1) is 7.11 Å². The number of hydrogen-bond acceptors (Lipinski definition) is 5. The first-order valence-electron chi connectivity index (χ1n) is 7.42. The Morgan fingerprint density at radius 1 is 1.11 bits per heavy atom. The van der Waals surface area contributed by atoms with Crippen LogP contribution in [0.1, 0.15) is 13.8 Å². The number of nitrogens with zero attached hydrogens (tertiary/aromatic N) is 3. The smallest absolute Gasteiger partial charge is 0.467 e. The molecule has 27 heavy (non-hydrogen) atoms. The highest BCUT2D eigenvalue weighted by atomic mass is 19.4. The van der Waals surface area contributed by atoms with Gasteiger partial charge in [-0.2, -0.15) is 22.5 Å². The largest absolute Gasteiger partial charge is 0.622 e. The molecule has 0 bridgehead atoms. The molecule has 0 spiro atoms. The molecule has 0 aliphatic rings. The van der Waals surface area contributed by atoms with Crippen LogP contribution in [0.25, 0.3) is 0 Å². The molecule has 0 aliphatic carbocycles. The van der Waals surface area contributed by atoms with Crippen molar-refractivity contribution in [2.24, 2.45) is 0 Å². The summed E-state index contributed by atoms with van der Waals surface area (Å²) in [4.78, 5) is 7.92. The van der Waals surface area contributed by atoms with E-state index in [0.717, 1.165) is 13.2 Å². The molecule has 0 aliphatic heterocycles. The maximum atomic E-state index is 13.8. The van der Waals surface area contributed by atoms with E-state index < -0.39 is 41.2 Å². The van der Waals surface area contributed by atoms with E-state index in [1.165, 1.54) is 4.90 Å². The zero-order valence-electron chi connectivity index (χ0n) is 14.3. The van der Waals surface area contributed by atoms with E-state index in [1.54, 1.807) is 13.8 Å². The minimum Gasteiger partial charge on any atom is -0.622 e. The summed E-state index contributed by atoms with van der Waals surface area (Å²) in [7, 11) is 1.01. The second kappa shape index (κ2) is 7.96. The Morgan fingerprint density at radius 2 is 1.63 bits per heavy atom. The number of hydroxylamine groups is 1. The normalized spacial score (nSPS) is 14.4. The quantitative estimate of drug-likeness (QED) is 0.384. The third-order valence-electron chi connectivity index (χ3n) is 3.56. The predicted molar refractivity (Wildman–Crippen MR) is 77.0 cm³/mol. The van der Waals surface area contributed by atoms with Crippen molar-refractivity contribution in [3.05, 3.63) is 11.3 Å². The highest BCUT2D eigenvalue weighted by Crippen LogP contribution is 2.46. The van der Waals surface area contributed by atoms with E-state index in [-0.39, 0.29) is 18.9 Å². The second-order valence-corrected chi connectivity index (χ2v) is 5.17. The summed E-state index contributed by atoms with van der Waals surface area (Å²) in [5.74, 6) is -15.4. The Kier molecular flexibility index (Phi) is 6.80. The van der Waals surface area contributed by atoms with Crippen molar-refractivity contribution in [2.75, 3.05) is 25.1 Å². The summed E-state index contributed by atoms with van der Waals surface area (Å²) < 4.78 is 109. The van der Waals surface area contributed by atoms with E-state index >= 15 is 0 Å². The molecule has 0 saturated carbocycles. The van der Waals surface area contributed by atoms with E-state index in [1.807, 2.05) is 0 Å². The Bertz CT molecular complexity index is 643. The van der Waals surface area contributed by atoms with Crippen molar-refractivity contribution >= 4 is 11.8 Å². The fraction of sp³-hybridized carbons (Fsp3) is 0.692. The molecule has 6 nitrogen and oxygen atoms in total. The minimum absolute atomic E-state index is 0.185. The standard InChI is InChI=1S/C13H16F8N4O2/c1-4-24(5-2)7-6-8(27-3)23-10(22-7)25(26)13(20,21)12(18,19)11(16,17)9(14)15/h6,9,25H,4-5H2,1-3H3. The molecular weight excluding hydrogens is 396 g/mol. The number of methoxy groups -OCH3 is 1. The van der Waals surface area contributed by atoms with Gasteiger partial charge in [0.1, 0.15) is 5.82 Å². The second-order valence-electron chi connectivity index (χ2n) is 5.17. The number of quaternary nitrogens is 1. The predicted octanol–water partition coefficient (Wildman–Crippen LogP) is 2.47. The fourth-order valence-corrected chi connectivity index (χ4v) is 1.96. The van der Waals surface area contributed by atoms with Gasteiger partial charge in [0.25, 0.3) is 0 Å². The molecule has 0 saturated heterocycles. The Morgan fingerprint density at radius 3 is 2.04 bits per heavy atom. The lowest BCUT2D eigenvalue weighted by atomic mass is 10.1. The van der Waals surface area contributed by atoms with Crippen LogP contribution in [0.2, 0.25) is 0 Å². The van der Waals surface area contributed by atoms with Gasteiger partial charge in [-0.3, -0.25) is 0 Å². The van der Waals surface area contributed by atoms with Crippen molar-refractivity contribution in [3.63, 3.8) is 0 Å². The van der Waals surface area contributed by atoms with Gasteiger partial charge in [-0.05, 0) is 13.8 Å². The lowest BCUT2D eigenvalue weighted by Gasteiger charge is -2.36. The Hall–Kier alpha value is -1.96. The third kappa shape index (κ3) is 4.00. The molecule has 1 aromatic heterocycles. The van der Waals surface area contributed by atoms with Crippen LogP contribution in [0.15, 0.2) is 6.07 Å². The van der Waals surface area contributed by atoms with Gasteiger partial charge < -0.3 is 14.8 Å². The third-order valence-corrected chi connectivity index (χ3v) is 3.56. The summed E-state index contributed by atoms with van der Waals surface area (Å²) in [6, 6.07) is -5.12. The molecule has 1 heterocycles. The molecule has 0 radical (unpaired) electrons. The van der Waals surface area contributed by atoms with E-state index in [2.05, 4.69) is 14.7 Å². The number of hydrogen-bond donors (Lipinski definition) is 1. The van der Waals surface area contributed by atoms with Crippen LogP contribution in [-0.2, 0) is 0 Å². The van der Waals surface area contributed by atoms with Crippen LogP contribution >= 0.6 is 0 Å². The van der Waals surface area contributed by atoms with Crippen molar-refractivity contribution in [2.45, 2.75) is 38.2 Å². The summed E-state index contributed by atoms with van der Waals surface area (Å²) in [6.45, 7) is 3.73. The highest BCUT2D eigenvalue weighted by molar-refractivity contribution is 5.43. The monoisotopic (exact) mass is 412 g/mol. The lowest BCUT2D eigenvalue weighted by molar-refractivity contribution is -0.909. The summed E-state index contributed by atoms with van der Waals surface area (Å²) in [6.07, 6.45) is -5.14. The molecule has 1 aromatic rings. The highest BCUT2D eigenvalue weighted by Gasteiger charge is 2.80. The molecule has 1 rings (SSSR count). The van der Waals surface area contributed by atoms with Gasteiger partial charge in [0.2, 0.25) is 5.88 Å². The Labute approximate surface area is 148 Å². The van der Waals surface area contributed by atoms with Crippen LogP contribution in [0.5, 0.6) is 5.88 Å². The zero-order valence-corrected chi connectivity index (χ0v) is 14.3. The maximum absolute atomic E-state index is 13.8. The van der Waals surface area contributed by atoms with Gasteiger partial charge in [-0.15, -0.1) is 13.8 Å². The van der Waals surface area contributed by atoms with Gasteiger partial charge in [-0.25, -0.2) is 13.8 Å². The number of rotatable bonds is 9. The number of alkyl halides is 8. The molecule has 0 amide bonds. The average Bonchev–Trinajstić information content (AvgIpc) is 2.61. The number of anilines is 1. The van der Waals surface area contributed by atoms with Crippen molar-refractivity contribution in [1.29, 1.82) is 0 Å². The van der Waals surface area contributed by atoms with Gasteiger partial charge in [0, 0.05) is 19.2 Å². The Balaban J connectivity index is 3.46. The molecule has 1 atom stereocenters. The van der Waals surface area contributed by atoms with Gasteiger partial charge >= 0.3 is 30.3 Å². The molecule has 0 aromatic carbocycles. The number of halogens is 8. The number of ether oxygens (including phenoxy) is 1. The first-order valence-corrected chi connectivity index (χ1v) is 7.42. The van der Waals surface area contributed by atoms with Gasteiger partial charge in [0.15, 0.2) is 0 Å². The topological polar surface area (TPSA) is 65.8 Å². The summed E-state index contributed by atoms with van der Waals surface area (Å²) in [5, 5.41) is 8.85. The minimum atomic E-state index is -6.69. The molecule has 1 unspecified atom stereocenters. The van der Waals surface area contributed by atoms with Crippen molar-refractivity contribution in [1.82, 2.24) is 9.97 Å². The number of aromatic nitrogens is 2. The molecule has 156 valence electrons. The van der Waals surface area contributed by atoms with E-state index in [4.69, 9.17) is 0 Å². The first-order chi connectivity index (χ1) is 12.3. The van der Waals surface area contributed by atoms with Crippen LogP contribution in [0.4, 0.5) is 46.9 Å². The lowest BCUT2D eigenvalue weighted by Crippen LogP contribution is -3.14. The molecule has 14 heteroatoms. The molecule has 0 fully saturated rings. The van der Waals surface area contributed by atoms with Crippen LogP contribution in [0, 0.1) is 5.21 Å². The maximum Gasteiger partial charge on any atom is 0.467 e. The van der Waals surface area contributed by atoms with Gasteiger partial charge in [-0.1, -0.05) is 0 Å². The molecular formula is C13H16F8N4O2. The SMILES string of the molecule is CCN(CC)c1cc(OC)nc([NH+]([O-])C(F)(F)C(F)(F)C(F)(F)C(F)F)n1. The first kappa shape index (κ1) is 23.1. The van der Waals surface area contributed by atoms with Crippen molar-refractivity contribution in [3.8, 4) is 5.88 Å². The van der Waals surface area contributed by atoms with Crippen LogP contribution in [0.3, 0.4) is 0 Å². The van der Waals surface area contributed by atoms with E-state index in [9.17, 15) is 40.3 Å². The van der Waals surface area contributed by atoms with E-state index in [0.29, 0.717) is 0 Å². The van der Waals surface area contributed by atoms with Crippen LogP contribution < -0.4 is 14.7 Å². The van der Waals surface area contributed by atoms with Crippen LogP contribution in [-0.4, -0.2) is 54.5 Å². The zero-order chi connectivity index (χ0) is 21.2. The number of nitrogens with one attached hydrogen (secondary N) is 1. The summed E-state index contributed by atoms with van der Waals surface area (Å²) in [5.41, 5.74) is 0. The average molecular weight is 412 g/mol. The summed E-state index contributed by atoms with van der Waals surface area (Å²) >= 11 is 0. The van der Waals surface area contributed by atoms with Crippen molar-refractivity contribution < 1.29 is 44.9 Å². The fourth-order valence-electron chi connectivity index (χ4n) is 1.96.